The Kier molecular flexibility index (Phi) is 8.19. The third-order valence-corrected chi connectivity index (χ3v) is 8.13. The number of piperidine rings is 1. The summed E-state index contributed by atoms with van der Waals surface area (Å²) >= 11 is 0. The van der Waals surface area contributed by atoms with Gasteiger partial charge < -0.3 is 29.1 Å². The van der Waals surface area contributed by atoms with E-state index in [1.807, 2.05) is 26.0 Å². The SMILES string of the molecule is CCOc1cc(CN2CC3(CC(N4CCC(C)(C(=O)O)CC4)=NO3)C2)ccc1-c1ccc(F)cc1OCCOC. The molecule has 0 radical (unpaired) electrons. The second kappa shape index (κ2) is 11.6. The van der Waals surface area contributed by atoms with Gasteiger partial charge in [-0.2, -0.15) is 0 Å². The summed E-state index contributed by atoms with van der Waals surface area (Å²) in [6.45, 7) is 8.63. The molecule has 3 aliphatic heterocycles. The lowest BCUT2D eigenvalue weighted by atomic mass is 9.80. The van der Waals surface area contributed by atoms with Gasteiger partial charge in [-0.25, -0.2) is 4.39 Å². The molecule has 2 aromatic carbocycles. The molecular weight excluding hydrogens is 517 g/mol. The van der Waals surface area contributed by atoms with E-state index in [2.05, 4.69) is 21.0 Å². The molecule has 0 saturated carbocycles. The van der Waals surface area contributed by atoms with Crippen molar-refractivity contribution in [2.75, 3.05) is 53.1 Å². The van der Waals surface area contributed by atoms with Crippen LogP contribution in [0.2, 0.25) is 0 Å². The Balaban J connectivity index is 1.20. The molecule has 0 atom stereocenters. The van der Waals surface area contributed by atoms with Gasteiger partial charge in [0.15, 0.2) is 5.60 Å². The summed E-state index contributed by atoms with van der Waals surface area (Å²) in [6.07, 6.45) is 1.96. The van der Waals surface area contributed by atoms with Gasteiger partial charge in [-0.3, -0.25) is 9.69 Å². The Hall–Kier alpha value is -3.37. The lowest BCUT2D eigenvalue weighted by molar-refractivity contribution is -0.150. The van der Waals surface area contributed by atoms with Crippen LogP contribution in [0.15, 0.2) is 41.6 Å². The van der Waals surface area contributed by atoms with E-state index >= 15 is 0 Å². The fraction of sp³-hybridized carbons (Fsp3) is 0.533. The molecule has 3 heterocycles. The Morgan fingerprint density at radius 2 is 1.77 bits per heavy atom. The standard InChI is InChI=1S/C30H38FN3O6/c1-4-38-25-15-21(5-7-23(25)24-8-6-22(31)16-26(24)39-14-13-37-3)18-33-19-30(20-33)17-27(32-40-30)34-11-9-29(2,10-12-34)28(35)36/h5-8,15-16H,4,9-14,17-20H2,1-3H3,(H,35,36). The third-order valence-electron chi connectivity index (χ3n) is 8.13. The van der Waals surface area contributed by atoms with Gasteiger partial charge in [0.1, 0.15) is 29.8 Å². The minimum atomic E-state index is -0.725. The van der Waals surface area contributed by atoms with Crippen LogP contribution >= 0.6 is 0 Å². The molecule has 2 fully saturated rings. The molecule has 1 spiro atoms. The second-order valence-corrected chi connectivity index (χ2v) is 11.2. The van der Waals surface area contributed by atoms with Crippen LogP contribution in [0.5, 0.6) is 11.5 Å². The summed E-state index contributed by atoms with van der Waals surface area (Å²) < 4.78 is 30.9. The van der Waals surface area contributed by atoms with Crippen molar-refractivity contribution in [2.45, 2.75) is 45.3 Å². The maximum Gasteiger partial charge on any atom is 0.309 e. The number of carboxylic acids is 1. The van der Waals surface area contributed by atoms with Crippen molar-refractivity contribution in [3.05, 3.63) is 47.8 Å². The average molecular weight is 556 g/mol. The van der Waals surface area contributed by atoms with Gasteiger partial charge >= 0.3 is 5.97 Å². The second-order valence-electron chi connectivity index (χ2n) is 11.2. The average Bonchev–Trinajstić information content (AvgIpc) is 3.35. The highest BCUT2D eigenvalue weighted by Gasteiger charge is 2.51. The normalized spacial score (nSPS) is 19.6. The number of carboxylic acid groups (broad SMARTS) is 1. The topological polar surface area (TPSA) is 93.1 Å². The maximum absolute atomic E-state index is 14.0. The first-order chi connectivity index (χ1) is 19.2. The molecule has 0 aliphatic carbocycles. The summed E-state index contributed by atoms with van der Waals surface area (Å²) in [5.41, 5.74) is 1.74. The van der Waals surface area contributed by atoms with Crippen molar-refractivity contribution in [3.63, 3.8) is 0 Å². The number of amidine groups is 1. The Morgan fingerprint density at radius 1 is 1.07 bits per heavy atom. The minimum absolute atomic E-state index is 0.311. The number of oxime groups is 1. The van der Waals surface area contributed by atoms with Crippen LogP contribution in [0.3, 0.4) is 0 Å². The Bertz CT molecular complexity index is 1250. The Morgan fingerprint density at radius 3 is 2.45 bits per heavy atom. The molecule has 9 nitrogen and oxygen atoms in total. The van der Waals surface area contributed by atoms with Crippen molar-refractivity contribution in [2.24, 2.45) is 10.6 Å². The first kappa shape index (κ1) is 28.2. The highest BCUT2D eigenvalue weighted by atomic mass is 19.1. The van der Waals surface area contributed by atoms with Crippen LogP contribution in [0.25, 0.3) is 11.1 Å². The third kappa shape index (κ3) is 5.88. The van der Waals surface area contributed by atoms with Gasteiger partial charge in [0.05, 0.1) is 25.0 Å². The number of rotatable bonds is 10. The summed E-state index contributed by atoms with van der Waals surface area (Å²) in [5, 5.41) is 13.9. The summed E-state index contributed by atoms with van der Waals surface area (Å²) in [4.78, 5) is 22.0. The van der Waals surface area contributed by atoms with E-state index in [-0.39, 0.29) is 11.4 Å². The fourth-order valence-electron chi connectivity index (χ4n) is 5.69. The van der Waals surface area contributed by atoms with Crippen LogP contribution in [0.4, 0.5) is 4.39 Å². The summed E-state index contributed by atoms with van der Waals surface area (Å²) in [6, 6.07) is 10.6. The van der Waals surface area contributed by atoms with Crippen LogP contribution in [0.1, 0.15) is 38.7 Å². The van der Waals surface area contributed by atoms with Crippen LogP contribution < -0.4 is 9.47 Å². The molecule has 0 amide bonds. The summed E-state index contributed by atoms with van der Waals surface area (Å²) in [5.74, 6) is 1.01. The van der Waals surface area contributed by atoms with Gasteiger partial charge in [-0.1, -0.05) is 17.3 Å². The monoisotopic (exact) mass is 555 g/mol. The molecule has 0 bridgehead atoms. The highest BCUT2D eigenvalue weighted by Crippen LogP contribution is 2.40. The zero-order valence-corrected chi connectivity index (χ0v) is 23.5. The number of hydrogen-bond donors (Lipinski definition) is 1. The molecule has 216 valence electrons. The minimum Gasteiger partial charge on any atom is -0.493 e. The quantitative estimate of drug-likeness (QED) is 0.432. The van der Waals surface area contributed by atoms with Crippen molar-refractivity contribution < 1.29 is 33.3 Å². The van der Waals surface area contributed by atoms with Crippen LogP contribution in [-0.2, 0) is 20.9 Å². The molecule has 10 heteroatoms. The zero-order chi connectivity index (χ0) is 28.3. The Labute approximate surface area is 234 Å². The van der Waals surface area contributed by atoms with Gasteiger partial charge in [0, 0.05) is 57.0 Å². The number of nitrogens with zero attached hydrogens (tertiary/aromatic N) is 3. The molecule has 0 aromatic heterocycles. The smallest absolute Gasteiger partial charge is 0.309 e. The fourth-order valence-corrected chi connectivity index (χ4v) is 5.69. The van der Waals surface area contributed by atoms with E-state index in [0.717, 1.165) is 54.3 Å². The molecule has 1 N–H and O–H groups in total. The largest absolute Gasteiger partial charge is 0.493 e. The zero-order valence-electron chi connectivity index (χ0n) is 23.5. The predicted octanol–water partition coefficient (Wildman–Crippen LogP) is 4.39. The van der Waals surface area contributed by atoms with E-state index in [1.54, 1.807) is 13.2 Å². The number of benzene rings is 2. The van der Waals surface area contributed by atoms with Gasteiger partial charge in [0.25, 0.3) is 0 Å². The van der Waals surface area contributed by atoms with Gasteiger partial charge in [-0.15, -0.1) is 0 Å². The van der Waals surface area contributed by atoms with E-state index in [9.17, 15) is 14.3 Å². The molecule has 5 rings (SSSR count). The number of methoxy groups -OCH3 is 1. The first-order valence-electron chi connectivity index (χ1n) is 13.9. The van der Waals surface area contributed by atoms with E-state index < -0.39 is 11.4 Å². The first-order valence-corrected chi connectivity index (χ1v) is 13.9. The maximum atomic E-state index is 14.0. The van der Waals surface area contributed by atoms with E-state index in [1.165, 1.54) is 12.1 Å². The number of halogens is 1. The lowest BCUT2D eigenvalue weighted by Gasteiger charge is -2.45. The molecule has 2 saturated heterocycles. The molecular formula is C30H38FN3O6. The number of hydrogen-bond acceptors (Lipinski definition) is 8. The van der Waals surface area contributed by atoms with Crippen LogP contribution in [0, 0.1) is 11.2 Å². The number of carbonyl (C=O) groups is 1. The van der Waals surface area contributed by atoms with Gasteiger partial charge in [-0.05, 0) is 50.5 Å². The van der Waals surface area contributed by atoms with Crippen LogP contribution in [-0.4, -0.2) is 85.4 Å². The predicted molar refractivity (Wildman–Crippen MR) is 148 cm³/mol. The highest BCUT2D eigenvalue weighted by molar-refractivity contribution is 5.85. The summed E-state index contributed by atoms with van der Waals surface area (Å²) in [7, 11) is 1.60. The van der Waals surface area contributed by atoms with Crippen molar-refractivity contribution in [1.29, 1.82) is 0 Å². The number of ether oxygens (including phenoxy) is 3. The van der Waals surface area contributed by atoms with Crippen molar-refractivity contribution in [3.8, 4) is 22.6 Å². The molecule has 40 heavy (non-hydrogen) atoms. The van der Waals surface area contributed by atoms with E-state index in [4.69, 9.17) is 19.0 Å². The molecule has 0 unspecified atom stereocenters. The number of likely N-dealkylation sites (tertiary alicyclic amines) is 2. The number of aliphatic carboxylic acids is 1. The van der Waals surface area contributed by atoms with E-state index in [0.29, 0.717) is 51.5 Å². The lowest BCUT2D eigenvalue weighted by Crippen LogP contribution is -2.61. The molecule has 3 aliphatic rings. The molecule has 2 aromatic rings. The van der Waals surface area contributed by atoms with Crippen molar-refractivity contribution in [1.82, 2.24) is 9.80 Å². The van der Waals surface area contributed by atoms with Gasteiger partial charge in [0.2, 0.25) is 0 Å². The van der Waals surface area contributed by atoms with Crippen molar-refractivity contribution >= 4 is 11.8 Å².